The Hall–Kier alpha value is -3.78. The first-order chi connectivity index (χ1) is 18.5. The summed E-state index contributed by atoms with van der Waals surface area (Å²) in [6.45, 7) is 2.73. The second-order valence-corrected chi connectivity index (χ2v) is 11.2. The molecule has 3 heterocycles. The lowest BCUT2D eigenvalue weighted by Gasteiger charge is -2.26. The molecule has 10 heteroatoms. The van der Waals surface area contributed by atoms with Crippen LogP contribution in [0.2, 0.25) is 0 Å². The number of ether oxygens (including phenoxy) is 1. The number of rotatable bonds is 6. The van der Waals surface area contributed by atoms with E-state index < -0.39 is 10.0 Å². The van der Waals surface area contributed by atoms with Gasteiger partial charge in [0.25, 0.3) is 5.91 Å². The molecule has 2 fully saturated rings. The van der Waals surface area contributed by atoms with E-state index in [1.54, 1.807) is 40.0 Å². The highest BCUT2D eigenvalue weighted by Gasteiger charge is 2.27. The monoisotopic (exact) mass is 531 g/mol. The van der Waals surface area contributed by atoms with Crippen molar-refractivity contribution in [3.63, 3.8) is 0 Å². The second kappa shape index (κ2) is 11.3. The SMILES string of the molecule is N#CC(=Cc1cn(-c2ccccc2)nc1-c1cccc(S(=O)(=O)N2CCCCC2)c1)C(=O)N1CCOCC1. The van der Waals surface area contributed by atoms with Crippen LogP contribution in [-0.4, -0.2) is 72.7 Å². The molecule has 2 aromatic carbocycles. The third kappa shape index (κ3) is 5.41. The molecule has 1 amide bonds. The van der Waals surface area contributed by atoms with Crippen LogP contribution in [0.1, 0.15) is 24.8 Å². The summed E-state index contributed by atoms with van der Waals surface area (Å²) in [5.74, 6) is -0.365. The molecule has 5 rings (SSSR count). The zero-order valence-corrected chi connectivity index (χ0v) is 21.8. The molecule has 1 aromatic heterocycles. The first kappa shape index (κ1) is 25.9. The molecular weight excluding hydrogens is 502 g/mol. The molecule has 0 saturated carbocycles. The number of carbonyl (C=O) groups excluding carboxylic acids is 1. The van der Waals surface area contributed by atoms with Gasteiger partial charge in [0.1, 0.15) is 17.3 Å². The second-order valence-electron chi connectivity index (χ2n) is 9.28. The number of nitrogens with zero attached hydrogens (tertiary/aromatic N) is 5. The van der Waals surface area contributed by atoms with Crippen molar-refractivity contribution in [3.8, 4) is 23.0 Å². The molecule has 0 unspecified atom stereocenters. The number of carbonyl (C=O) groups is 1. The average molecular weight is 532 g/mol. The van der Waals surface area contributed by atoms with E-state index in [2.05, 4.69) is 0 Å². The predicted molar refractivity (Wildman–Crippen MR) is 143 cm³/mol. The number of hydrogen-bond acceptors (Lipinski definition) is 6. The third-order valence-electron chi connectivity index (χ3n) is 6.77. The van der Waals surface area contributed by atoms with Crippen LogP contribution in [-0.2, 0) is 19.6 Å². The normalized spacial score (nSPS) is 17.2. The number of benzene rings is 2. The summed E-state index contributed by atoms with van der Waals surface area (Å²) in [5, 5.41) is 14.6. The Kier molecular flexibility index (Phi) is 7.69. The molecule has 9 nitrogen and oxygen atoms in total. The molecule has 38 heavy (non-hydrogen) atoms. The van der Waals surface area contributed by atoms with Crippen LogP contribution in [0.15, 0.2) is 71.3 Å². The van der Waals surface area contributed by atoms with Gasteiger partial charge in [-0.1, -0.05) is 36.8 Å². The van der Waals surface area contributed by atoms with Gasteiger partial charge in [-0.05, 0) is 43.2 Å². The van der Waals surface area contributed by atoms with Gasteiger partial charge in [-0.25, -0.2) is 13.1 Å². The Balaban J connectivity index is 1.57. The first-order valence-electron chi connectivity index (χ1n) is 12.7. The highest BCUT2D eigenvalue weighted by molar-refractivity contribution is 7.89. The summed E-state index contributed by atoms with van der Waals surface area (Å²) in [4.78, 5) is 14.9. The maximum absolute atomic E-state index is 13.4. The lowest BCUT2D eigenvalue weighted by atomic mass is 10.1. The Morgan fingerprint density at radius 3 is 2.42 bits per heavy atom. The number of hydrogen-bond donors (Lipinski definition) is 0. The Morgan fingerprint density at radius 1 is 0.974 bits per heavy atom. The van der Waals surface area contributed by atoms with Crippen LogP contribution in [0.25, 0.3) is 23.0 Å². The van der Waals surface area contributed by atoms with Crippen molar-refractivity contribution in [2.24, 2.45) is 0 Å². The summed E-state index contributed by atoms with van der Waals surface area (Å²) in [5.41, 5.74) is 2.38. The fraction of sp³-hybridized carbons (Fsp3) is 0.321. The van der Waals surface area contributed by atoms with Crippen LogP contribution in [0, 0.1) is 11.3 Å². The lowest BCUT2D eigenvalue weighted by molar-refractivity contribution is -0.130. The predicted octanol–water partition coefficient (Wildman–Crippen LogP) is 3.48. The number of piperidine rings is 1. The van der Waals surface area contributed by atoms with Crippen molar-refractivity contribution in [1.29, 1.82) is 5.26 Å². The van der Waals surface area contributed by atoms with Crippen LogP contribution in [0.5, 0.6) is 0 Å². The molecule has 2 aliphatic rings. The molecule has 0 radical (unpaired) electrons. The minimum absolute atomic E-state index is 0.0159. The van der Waals surface area contributed by atoms with Gasteiger partial charge in [0, 0.05) is 43.5 Å². The van der Waals surface area contributed by atoms with Crippen molar-refractivity contribution in [2.75, 3.05) is 39.4 Å². The summed E-state index contributed by atoms with van der Waals surface area (Å²) in [6.07, 6.45) is 6.02. The number of aromatic nitrogens is 2. The van der Waals surface area contributed by atoms with Gasteiger partial charge in [-0.15, -0.1) is 0 Å². The largest absolute Gasteiger partial charge is 0.378 e. The lowest BCUT2D eigenvalue weighted by Crippen LogP contribution is -2.41. The van der Waals surface area contributed by atoms with Gasteiger partial charge in [0.05, 0.1) is 23.8 Å². The van der Waals surface area contributed by atoms with Crippen LogP contribution in [0.3, 0.4) is 0 Å². The van der Waals surface area contributed by atoms with Crippen molar-refractivity contribution in [3.05, 3.63) is 71.9 Å². The Morgan fingerprint density at radius 2 is 1.71 bits per heavy atom. The molecule has 0 bridgehead atoms. The minimum atomic E-state index is -3.65. The molecule has 196 valence electrons. The smallest absolute Gasteiger partial charge is 0.264 e. The number of sulfonamides is 1. The fourth-order valence-electron chi connectivity index (χ4n) is 4.72. The van der Waals surface area contributed by atoms with Crippen LogP contribution < -0.4 is 0 Å². The van der Waals surface area contributed by atoms with Gasteiger partial charge in [0.15, 0.2) is 0 Å². The summed E-state index contributed by atoms with van der Waals surface area (Å²) >= 11 is 0. The summed E-state index contributed by atoms with van der Waals surface area (Å²) in [6, 6.07) is 18.2. The fourth-order valence-corrected chi connectivity index (χ4v) is 6.29. The summed E-state index contributed by atoms with van der Waals surface area (Å²) < 4.78 is 35.2. The van der Waals surface area contributed by atoms with Gasteiger partial charge < -0.3 is 9.64 Å². The van der Waals surface area contributed by atoms with E-state index in [0.717, 1.165) is 24.9 Å². The highest BCUT2D eigenvalue weighted by Crippen LogP contribution is 2.29. The van der Waals surface area contributed by atoms with E-state index >= 15 is 0 Å². The van der Waals surface area contributed by atoms with E-state index in [4.69, 9.17) is 9.84 Å². The standard InChI is InChI=1S/C28H29N5O4S/c29-20-23(28(34)31-14-16-37-17-15-31)18-24-21-33(25-9-3-1-4-10-25)30-27(24)22-8-7-11-26(19-22)38(35,36)32-12-5-2-6-13-32/h1,3-4,7-11,18-19,21H,2,5-6,12-17H2. The minimum Gasteiger partial charge on any atom is -0.378 e. The van der Waals surface area contributed by atoms with Crippen LogP contribution >= 0.6 is 0 Å². The van der Waals surface area contributed by atoms with E-state index in [1.807, 2.05) is 36.4 Å². The molecule has 2 aliphatic heterocycles. The third-order valence-corrected chi connectivity index (χ3v) is 8.67. The number of morpholine rings is 1. The molecule has 3 aromatic rings. The van der Waals surface area contributed by atoms with Crippen molar-refractivity contribution >= 4 is 22.0 Å². The Bertz CT molecular complexity index is 1480. The van der Waals surface area contributed by atoms with Crippen LogP contribution in [0.4, 0.5) is 0 Å². The van der Waals surface area contributed by atoms with Crippen molar-refractivity contribution < 1.29 is 17.9 Å². The number of nitriles is 1. The van der Waals surface area contributed by atoms with Gasteiger partial charge >= 0.3 is 0 Å². The Labute approximate surface area is 222 Å². The topological polar surface area (TPSA) is 109 Å². The molecule has 0 aliphatic carbocycles. The van der Waals surface area contributed by atoms with E-state index in [-0.39, 0.29) is 16.4 Å². The molecule has 0 N–H and O–H groups in total. The summed E-state index contributed by atoms with van der Waals surface area (Å²) in [7, 11) is -3.65. The van der Waals surface area contributed by atoms with Gasteiger partial charge in [-0.3, -0.25) is 4.79 Å². The zero-order valence-electron chi connectivity index (χ0n) is 21.0. The number of amides is 1. The molecule has 0 spiro atoms. The maximum Gasteiger partial charge on any atom is 0.264 e. The zero-order chi connectivity index (χ0) is 26.5. The first-order valence-corrected chi connectivity index (χ1v) is 14.2. The van der Waals surface area contributed by atoms with E-state index in [0.29, 0.717) is 56.2 Å². The van der Waals surface area contributed by atoms with E-state index in [1.165, 1.54) is 10.4 Å². The highest BCUT2D eigenvalue weighted by atomic mass is 32.2. The van der Waals surface area contributed by atoms with Crippen molar-refractivity contribution in [2.45, 2.75) is 24.2 Å². The molecule has 0 atom stereocenters. The quantitative estimate of drug-likeness (QED) is 0.356. The average Bonchev–Trinajstić information content (AvgIpc) is 3.41. The maximum atomic E-state index is 13.4. The number of para-hydroxylation sites is 1. The molecular formula is C28H29N5O4S. The van der Waals surface area contributed by atoms with Gasteiger partial charge in [-0.2, -0.15) is 14.7 Å². The van der Waals surface area contributed by atoms with E-state index in [9.17, 15) is 18.5 Å². The van der Waals surface area contributed by atoms with Crippen molar-refractivity contribution in [1.82, 2.24) is 19.0 Å². The van der Waals surface area contributed by atoms with Gasteiger partial charge in [0.2, 0.25) is 10.0 Å². The molecule has 2 saturated heterocycles.